The standard InChI is InChI=1S/C14H16N4O4/c1-14(2,3)22-13(19)17-8-7-15-12(17)16-10-5-4-6-11(9-10)18(20)21/h4-9H,1-3H3,(H,15,16). The van der Waals surface area contributed by atoms with Crippen LogP contribution in [0.1, 0.15) is 20.8 Å². The van der Waals surface area contributed by atoms with Crippen LogP contribution >= 0.6 is 0 Å². The molecule has 0 aliphatic rings. The summed E-state index contributed by atoms with van der Waals surface area (Å²) in [4.78, 5) is 26.4. The summed E-state index contributed by atoms with van der Waals surface area (Å²) in [5.41, 5.74) is -0.241. The average molecular weight is 304 g/mol. The van der Waals surface area contributed by atoms with Gasteiger partial charge in [-0.1, -0.05) is 6.07 Å². The van der Waals surface area contributed by atoms with Crippen molar-refractivity contribution in [1.29, 1.82) is 0 Å². The monoisotopic (exact) mass is 304 g/mol. The first-order valence-corrected chi connectivity index (χ1v) is 6.54. The molecule has 0 amide bonds. The van der Waals surface area contributed by atoms with Crippen LogP contribution in [0.15, 0.2) is 36.7 Å². The van der Waals surface area contributed by atoms with E-state index in [-0.39, 0.29) is 11.6 Å². The summed E-state index contributed by atoms with van der Waals surface area (Å²) >= 11 is 0. The van der Waals surface area contributed by atoms with Gasteiger partial charge >= 0.3 is 6.09 Å². The van der Waals surface area contributed by atoms with Crippen LogP contribution in [-0.2, 0) is 4.74 Å². The molecule has 8 nitrogen and oxygen atoms in total. The van der Waals surface area contributed by atoms with Gasteiger partial charge in [0.25, 0.3) is 5.69 Å². The number of rotatable bonds is 3. The third-order valence-electron chi connectivity index (χ3n) is 2.54. The van der Waals surface area contributed by atoms with Gasteiger partial charge in [-0.3, -0.25) is 10.1 Å². The van der Waals surface area contributed by atoms with Crippen LogP contribution in [0.3, 0.4) is 0 Å². The number of benzene rings is 1. The van der Waals surface area contributed by atoms with Crippen molar-refractivity contribution in [1.82, 2.24) is 9.55 Å². The van der Waals surface area contributed by atoms with E-state index in [0.29, 0.717) is 5.69 Å². The van der Waals surface area contributed by atoms with Crippen molar-refractivity contribution >= 4 is 23.4 Å². The summed E-state index contributed by atoms with van der Waals surface area (Å²) in [7, 11) is 0. The second kappa shape index (κ2) is 5.84. The number of imidazole rings is 1. The van der Waals surface area contributed by atoms with Gasteiger partial charge in [-0.2, -0.15) is 0 Å². The van der Waals surface area contributed by atoms with Gasteiger partial charge in [0.15, 0.2) is 0 Å². The average Bonchev–Trinajstić information content (AvgIpc) is 2.85. The maximum Gasteiger partial charge on any atom is 0.421 e. The summed E-state index contributed by atoms with van der Waals surface area (Å²) < 4.78 is 6.46. The number of hydrogen-bond acceptors (Lipinski definition) is 6. The van der Waals surface area contributed by atoms with E-state index in [0.717, 1.165) is 0 Å². The number of anilines is 2. The highest BCUT2D eigenvalue weighted by molar-refractivity contribution is 5.76. The summed E-state index contributed by atoms with van der Waals surface area (Å²) in [5.74, 6) is 0.217. The minimum absolute atomic E-state index is 0.0552. The Bertz CT molecular complexity index is 703. The third kappa shape index (κ3) is 3.81. The highest BCUT2D eigenvalue weighted by Crippen LogP contribution is 2.21. The van der Waals surface area contributed by atoms with E-state index in [1.807, 2.05) is 0 Å². The predicted octanol–water partition coefficient (Wildman–Crippen LogP) is 3.32. The fraction of sp³-hybridized carbons (Fsp3) is 0.286. The quantitative estimate of drug-likeness (QED) is 0.689. The predicted molar refractivity (Wildman–Crippen MR) is 80.2 cm³/mol. The molecule has 2 rings (SSSR count). The van der Waals surface area contributed by atoms with E-state index in [1.165, 1.54) is 29.1 Å². The molecule has 0 atom stereocenters. The van der Waals surface area contributed by atoms with Crippen molar-refractivity contribution in [3.8, 4) is 0 Å². The lowest BCUT2D eigenvalue weighted by molar-refractivity contribution is -0.384. The molecule has 22 heavy (non-hydrogen) atoms. The van der Waals surface area contributed by atoms with E-state index in [4.69, 9.17) is 4.74 Å². The molecule has 0 spiro atoms. The highest BCUT2D eigenvalue weighted by Gasteiger charge is 2.20. The van der Waals surface area contributed by atoms with Gasteiger partial charge in [0.1, 0.15) is 5.60 Å². The number of hydrogen-bond donors (Lipinski definition) is 1. The number of non-ortho nitro benzene ring substituents is 1. The van der Waals surface area contributed by atoms with Gasteiger partial charge < -0.3 is 10.1 Å². The normalized spacial score (nSPS) is 11.0. The molecule has 0 radical (unpaired) electrons. The van der Waals surface area contributed by atoms with Crippen molar-refractivity contribution < 1.29 is 14.5 Å². The number of aromatic nitrogens is 2. The van der Waals surface area contributed by atoms with E-state index in [9.17, 15) is 14.9 Å². The summed E-state index contributed by atoms with van der Waals surface area (Å²) in [6.45, 7) is 5.28. The van der Waals surface area contributed by atoms with Crippen molar-refractivity contribution in [2.24, 2.45) is 0 Å². The number of nitro groups is 1. The minimum Gasteiger partial charge on any atom is -0.443 e. The zero-order valence-electron chi connectivity index (χ0n) is 12.4. The molecule has 1 aromatic heterocycles. The van der Waals surface area contributed by atoms with Crippen molar-refractivity contribution in [3.05, 3.63) is 46.8 Å². The van der Waals surface area contributed by atoms with Crippen LogP contribution in [0, 0.1) is 10.1 Å². The molecule has 2 aromatic rings. The van der Waals surface area contributed by atoms with Gasteiger partial charge in [0.05, 0.1) is 4.92 Å². The summed E-state index contributed by atoms with van der Waals surface area (Å²) in [5, 5.41) is 13.6. The zero-order valence-corrected chi connectivity index (χ0v) is 12.4. The van der Waals surface area contributed by atoms with Crippen molar-refractivity contribution in [2.45, 2.75) is 26.4 Å². The number of carbonyl (C=O) groups excluding carboxylic acids is 1. The lowest BCUT2D eigenvalue weighted by atomic mass is 10.2. The third-order valence-corrected chi connectivity index (χ3v) is 2.54. The van der Waals surface area contributed by atoms with Crippen LogP contribution in [0.5, 0.6) is 0 Å². The largest absolute Gasteiger partial charge is 0.443 e. The van der Waals surface area contributed by atoms with E-state index >= 15 is 0 Å². The van der Waals surface area contributed by atoms with Crippen LogP contribution in [-0.4, -0.2) is 26.2 Å². The van der Waals surface area contributed by atoms with Crippen LogP contribution in [0.4, 0.5) is 22.1 Å². The SMILES string of the molecule is CC(C)(C)OC(=O)n1ccnc1Nc1cccc([N+](=O)[O-])c1. The Morgan fingerprint density at radius 3 is 2.77 bits per heavy atom. The van der Waals surface area contributed by atoms with E-state index < -0.39 is 16.6 Å². The minimum atomic E-state index is -0.635. The molecular formula is C14H16N4O4. The molecule has 0 saturated carbocycles. The first kappa shape index (κ1) is 15.5. The molecule has 0 aliphatic carbocycles. The Morgan fingerprint density at radius 1 is 1.41 bits per heavy atom. The number of nitro benzene ring substituents is 1. The van der Waals surface area contributed by atoms with Crippen molar-refractivity contribution in [2.75, 3.05) is 5.32 Å². The molecule has 1 N–H and O–H groups in total. The highest BCUT2D eigenvalue weighted by atomic mass is 16.6. The second-order valence-corrected chi connectivity index (χ2v) is 5.53. The number of nitrogens with one attached hydrogen (secondary N) is 1. The Morgan fingerprint density at radius 2 is 2.14 bits per heavy atom. The summed E-state index contributed by atoms with van der Waals surface area (Å²) in [6, 6.07) is 5.92. The van der Waals surface area contributed by atoms with E-state index in [1.54, 1.807) is 32.9 Å². The van der Waals surface area contributed by atoms with Gasteiger partial charge in [-0.15, -0.1) is 0 Å². The molecule has 0 fully saturated rings. The fourth-order valence-electron chi connectivity index (χ4n) is 1.68. The smallest absolute Gasteiger partial charge is 0.421 e. The lowest BCUT2D eigenvalue weighted by Crippen LogP contribution is -2.27. The Labute approximate surface area is 126 Å². The lowest BCUT2D eigenvalue weighted by Gasteiger charge is -2.20. The van der Waals surface area contributed by atoms with Gasteiger partial charge in [-0.25, -0.2) is 14.3 Å². The van der Waals surface area contributed by atoms with Crippen LogP contribution in [0.25, 0.3) is 0 Å². The molecule has 0 unspecified atom stereocenters. The maximum absolute atomic E-state index is 12.1. The topological polar surface area (TPSA) is 99.3 Å². The molecule has 0 bridgehead atoms. The van der Waals surface area contributed by atoms with E-state index in [2.05, 4.69) is 10.3 Å². The number of ether oxygens (including phenoxy) is 1. The molecule has 1 aromatic carbocycles. The molecule has 116 valence electrons. The fourth-order valence-corrected chi connectivity index (χ4v) is 1.68. The Hall–Kier alpha value is -2.90. The first-order valence-electron chi connectivity index (χ1n) is 6.54. The van der Waals surface area contributed by atoms with Crippen LogP contribution < -0.4 is 5.32 Å². The van der Waals surface area contributed by atoms with Crippen LogP contribution in [0.2, 0.25) is 0 Å². The number of carbonyl (C=O) groups is 1. The molecular weight excluding hydrogens is 288 g/mol. The molecule has 0 saturated heterocycles. The van der Waals surface area contributed by atoms with Gasteiger partial charge in [-0.05, 0) is 26.8 Å². The Balaban J connectivity index is 2.21. The van der Waals surface area contributed by atoms with Gasteiger partial charge in [0.2, 0.25) is 5.95 Å². The first-order chi connectivity index (χ1) is 10.3. The van der Waals surface area contributed by atoms with Gasteiger partial charge in [0, 0.05) is 30.2 Å². The van der Waals surface area contributed by atoms with Crippen molar-refractivity contribution in [3.63, 3.8) is 0 Å². The second-order valence-electron chi connectivity index (χ2n) is 5.53. The number of nitrogens with zero attached hydrogens (tertiary/aromatic N) is 3. The molecule has 1 heterocycles. The molecule has 0 aliphatic heterocycles. The zero-order chi connectivity index (χ0) is 16.3. The molecule has 8 heteroatoms. The summed E-state index contributed by atoms with van der Waals surface area (Å²) in [6.07, 6.45) is 2.30. The maximum atomic E-state index is 12.1. The Kier molecular flexibility index (Phi) is 4.11.